The van der Waals surface area contributed by atoms with Crippen molar-refractivity contribution >= 4 is 86.8 Å². The van der Waals surface area contributed by atoms with Crippen LogP contribution in [0, 0.1) is 0 Å². The van der Waals surface area contributed by atoms with Crippen molar-refractivity contribution in [3.8, 4) is 5.69 Å². The maximum Gasteiger partial charge on any atom is 0.136 e. The van der Waals surface area contributed by atoms with Crippen LogP contribution in [0.15, 0.2) is 132 Å². The van der Waals surface area contributed by atoms with Gasteiger partial charge in [0.05, 0.1) is 16.7 Å². The number of aromatic nitrogens is 1. The van der Waals surface area contributed by atoms with Crippen molar-refractivity contribution in [2.45, 2.75) is 0 Å². The lowest BCUT2D eigenvalue weighted by Crippen LogP contribution is -1.97. The Balaban J connectivity index is 1.41. The lowest BCUT2D eigenvalue weighted by atomic mass is 9.93. The molecule has 184 valence electrons. The van der Waals surface area contributed by atoms with E-state index in [0.29, 0.717) is 0 Å². The predicted molar refractivity (Wildman–Crippen MR) is 169 cm³/mol. The highest BCUT2D eigenvalue weighted by atomic mass is 16.3. The Morgan fingerprint density at radius 3 is 2.02 bits per heavy atom. The fourth-order valence-electron chi connectivity index (χ4n) is 7.20. The fourth-order valence-corrected chi connectivity index (χ4v) is 7.20. The molecular formula is C38H21NO. The van der Waals surface area contributed by atoms with E-state index in [0.717, 1.165) is 16.6 Å². The number of furan rings is 1. The Morgan fingerprint density at radius 1 is 0.375 bits per heavy atom. The van der Waals surface area contributed by atoms with E-state index < -0.39 is 0 Å². The number of rotatable bonds is 1. The standard InChI is InChI=1S/C38H21NO/c1-3-13-31-26(10-1)30-21-29-24(17-18-35-38(29)28-11-2-4-14-34(28)40-35)19-33(30)39(31)32-20-25-9-5-7-22-15-16-23-8-6-12-27(32)37(23)36(22)25/h1-21H. The van der Waals surface area contributed by atoms with E-state index in [1.165, 1.54) is 76.0 Å². The van der Waals surface area contributed by atoms with Crippen LogP contribution in [0.25, 0.3) is 92.5 Å². The summed E-state index contributed by atoms with van der Waals surface area (Å²) in [6.45, 7) is 0. The number of fused-ring (bicyclic) bond motifs is 8. The summed E-state index contributed by atoms with van der Waals surface area (Å²) < 4.78 is 8.72. The molecule has 0 saturated carbocycles. The maximum absolute atomic E-state index is 6.24. The van der Waals surface area contributed by atoms with Crippen molar-refractivity contribution in [3.63, 3.8) is 0 Å². The van der Waals surface area contributed by atoms with Gasteiger partial charge in [0.15, 0.2) is 0 Å². The molecule has 0 fully saturated rings. The van der Waals surface area contributed by atoms with E-state index >= 15 is 0 Å². The molecule has 2 heterocycles. The van der Waals surface area contributed by atoms with Gasteiger partial charge in [0.1, 0.15) is 11.2 Å². The molecule has 0 atom stereocenters. The van der Waals surface area contributed by atoms with E-state index in [-0.39, 0.29) is 0 Å². The van der Waals surface area contributed by atoms with Gasteiger partial charge >= 0.3 is 0 Å². The Bertz CT molecular complexity index is 2650. The average molecular weight is 508 g/mol. The van der Waals surface area contributed by atoms with Gasteiger partial charge in [0.2, 0.25) is 0 Å². The van der Waals surface area contributed by atoms with Crippen molar-refractivity contribution in [1.82, 2.24) is 4.57 Å². The SMILES string of the molecule is c1cc2ccc3cccc4c(-n5c6ccccc6c6cc7c(ccc8oc9ccccc9c87)cc65)cc(c1)c2c34. The van der Waals surface area contributed by atoms with Gasteiger partial charge in [-0.3, -0.25) is 0 Å². The summed E-state index contributed by atoms with van der Waals surface area (Å²) >= 11 is 0. The molecule has 0 aliphatic carbocycles. The van der Waals surface area contributed by atoms with Gasteiger partial charge in [-0.15, -0.1) is 0 Å². The minimum absolute atomic E-state index is 0.931. The molecular weight excluding hydrogens is 486 g/mol. The van der Waals surface area contributed by atoms with E-state index in [1.807, 2.05) is 6.07 Å². The Labute approximate surface area is 228 Å². The first-order chi connectivity index (χ1) is 19.8. The molecule has 8 aromatic carbocycles. The number of benzene rings is 8. The Morgan fingerprint density at radius 2 is 1.10 bits per heavy atom. The van der Waals surface area contributed by atoms with Crippen molar-refractivity contribution in [2.75, 3.05) is 0 Å². The summed E-state index contributed by atoms with van der Waals surface area (Å²) in [5.74, 6) is 0. The monoisotopic (exact) mass is 507 g/mol. The van der Waals surface area contributed by atoms with Gasteiger partial charge in [-0.25, -0.2) is 0 Å². The molecule has 0 spiro atoms. The van der Waals surface area contributed by atoms with Gasteiger partial charge in [-0.05, 0) is 74.1 Å². The smallest absolute Gasteiger partial charge is 0.136 e. The summed E-state index contributed by atoms with van der Waals surface area (Å²) in [4.78, 5) is 0. The number of hydrogen-bond acceptors (Lipinski definition) is 1. The largest absolute Gasteiger partial charge is 0.456 e. The second-order valence-electron chi connectivity index (χ2n) is 10.9. The molecule has 2 heteroatoms. The highest BCUT2D eigenvalue weighted by Gasteiger charge is 2.19. The molecule has 0 N–H and O–H groups in total. The summed E-state index contributed by atoms with van der Waals surface area (Å²) in [5.41, 5.74) is 5.52. The summed E-state index contributed by atoms with van der Waals surface area (Å²) in [6, 6.07) is 46.5. The van der Waals surface area contributed by atoms with Crippen LogP contribution in [0.2, 0.25) is 0 Å². The molecule has 2 aromatic heterocycles. The van der Waals surface area contributed by atoms with Crippen LogP contribution in [-0.2, 0) is 0 Å². The average Bonchev–Trinajstić information content (AvgIpc) is 3.54. The molecule has 0 aliphatic heterocycles. The molecule has 10 aromatic rings. The van der Waals surface area contributed by atoms with Gasteiger partial charge in [0.25, 0.3) is 0 Å². The zero-order valence-corrected chi connectivity index (χ0v) is 21.5. The van der Waals surface area contributed by atoms with Gasteiger partial charge < -0.3 is 8.98 Å². The first-order valence-electron chi connectivity index (χ1n) is 13.8. The zero-order chi connectivity index (χ0) is 25.9. The van der Waals surface area contributed by atoms with Crippen molar-refractivity contribution < 1.29 is 4.42 Å². The molecule has 0 unspecified atom stereocenters. The van der Waals surface area contributed by atoms with E-state index in [9.17, 15) is 0 Å². The molecule has 0 bridgehead atoms. The van der Waals surface area contributed by atoms with Crippen LogP contribution in [0.5, 0.6) is 0 Å². The van der Waals surface area contributed by atoms with Crippen molar-refractivity contribution in [2.24, 2.45) is 0 Å². The zero-order valence-electron chi connectivity index (χ0n) is 21.5. The molecule has 0 amide bonds. The quantitative estimate of drug-likeness (QED) is 0.202. The minimum Gasteiger partial charge on any atom is -0.456 e. The third kappa shape index (κ3) is 2.49. The van der Waals surface area contributed by atoms with E-state index in [4.69, 9.17) is 4.42 Å². The first-order valence-corrected chi connectivity index (χ1v) is 13.8. The Hall–Kier alpha value is -5.34. The summed E-state index contributed by atoms with van der Waals surface area (Å²) in [5, 5.41) is 15.1. The van der Waals surface area contributed by atoms with Gasteiger partial charge in [0, 0.05) is 26.9 Å². The molecule has 40 heavy (non-hydrogen) atoms. The van der Waals surface area contributed by atoms with Crippen LogP contribution in [0.4, 0.5) is 0 Å². The van der Waals surface area contributed by atoms with Crippen LogP contribution < -0.4 is 0 Å². The maximum atomic E-state index is 6.24. The van der Waals surface area contributed by atoms with Crippen molar-refractivity contribution in [3.05, 3.63) is 127 Å². The second-order valence-corrected chi connectivity index (χ2v) is 10.9. The normalized spacial score (nSPS) is 12.5. The fraction of sp³-hybridized carbons (Fsp3) is 0. The highest BCUT2D eigenvalue weighted by molar-refractivity contribution is 6.27. The Kier molecular flexibility index (Phi) is 3.70. The summed E-state index contributed by atoms with van der Waals surface area (Å²) in [6.07, 6.45) is 0. The first kappa shape index (κ1) is 20.6. The van der Waals surface area contributed by atoms with Crippen molar-refractivity contribution in [1.29, 1.82) is 0 Å². The summed E-state index contributed by atoms with van der Waals surface area (Å²) in [7, 11) is 0. The molecule has 10 rings (SSSR count). The molecule has 0 saturated heterocycles. The number of hydrogen-bond donors (Lipinski definition) is 0. The third-order valence-corrected chi connectivity index (χ3v) is 8.88. The number of para-hydroxylation sites is 2. The van der Waals surface area contributed by atoms with E-state index in [2.05, 4.69) is 126 Å². The van der Waals surface area contributed by atoms with Crippen LogP contribution >= 0.6 is 0 Å². The lowest BCUT2D eigenvalue weighted by Gasteiger charge is -2.17. The highest BCUT2D eigenvalue weighted by Crippen LogP contribution is 2.43. The topological polar surface area (TPSA) is 18.1 Å². The predicted octanol–water partition coefficient (Wildman–Crippen LogP) is 10.7. The molecule has 0 aliphatic rings. The van der Waals surface area contributed by atoms with Crippen LogP contribution in [0.1, 0.15) is 0 Å². The number of nitrogens with zero attached hydrogens (tertiary/aromatic N) is 1. The second kappa shape index (κ2) is 7.19. The molecule has 0 radical (unpaired) electrons. The van der Waals surface area contributed by atoms with E-state index in [1.54, 1.807) is 0 Å². The molecule has 2 nitrogen and oxygen atoms in total. The third-order valence-electron chi connectivity index (χ3n) is 8.88. The van der Waals surface area contributed by atoms with Crippen LogP contribution in [0.3, 0.4) is 0 Å². The van der Waals surface area contributed by atoms with Gasteiger partial charge in [-0.1, -0.05) is 91.0 Å². The minimum atomic E-state index is 0.931. The van der Waals surface area contributed by atoms with Crippen LogP contribution in [-0.4, -0.2) is 4.57 Å². The lowest BCUT2D eigenvalue weighted by molar-refractivity contribution is 0.669. The van der Waals surface area contributed by atoms with Gasteiger partial charge in [-0.2, -0.15) is 0 Å².